The van der Waals surface area contributed by atoms with Gasteiger partial charge >= 0.3 is 13.0 Å². The third-order valence-electron chi connectivity index (χ3n) is 7.88. The smallest absolute Gasteiger partial charge is 0.519 e. The van der Waals surface area contributed by atoms with Gasteiger partial charge in [-0.2, -0.15) is 17.6 Å². The minimum absolute atomic E-state index is 0.113. The van der Waals surface area contributed by atoms with Gasteiger partial charge in [0.1, 0.15) is 5.82 Å². The zero-order chi connectivity index (χ0) is 41.1. The van der Waals surface area contributed by atoms with Gasteiger partial charge in [-0.05, 0) is 12.1 Å². The summed E-state index contributed by atoms with van der Waals surface area (Å²) in [5.74, 6) is -68.1. The Kier molecular flexibility index (Phi) is 9.19. The van der Waals surface area contributed by atoms with Crippen LogP contribution in [0.15, 0.2) is 12.1 Å². The molecule has 0 saturated heterocycles. The summed E-state index contributed by atoms with van der Waals surface area (Å²) >= 11 is 0. The molecule has 6 rings (SSSR count). The van der Waals surface area contributed by atoms with Gasteiger partial charge in [0.05, 0.1) is 27.7 Å². The second kappa shape index (κ2) is 13.0. The molecule has 0 unspecified atom stereocenters. The van der Waals surface area contributed by atoms with Crippen LogP contribution in [0.3, 0.4) is 0 Å². The van der Waals surface area contributed by atoms with E-state index < -0.39 is 174 Å². The first-order chi connectivity index (χ1) is 25.5. The van der Waals surface area contributed by atoms with Crippen molar-refractivity contribution < 1.29 is 102 Å². The summed E-state index contributed by atoms with van der Waals surface area (Å²) in [5.41, 5.74) is -18.3. The SMILES string of the molecule is Fc1ccc(F)c(B(Oc2c(F)c(F)c(F)c(F)c2-c2c(F)c(F)c(F)c(F)c2F)Oc2c(F)c(F)c(F)c3c2C(F)(F)c2c(F)c(F)c(F)c(F)c2-3)c1F. The van der Waals surface area contributed by atoms with Crippen LogP contribution in [-0.4, -0.2) is 7.12 Å². The van der Waals surface area contributed by atoms with Crippen molar-refractivity contribution in [2.45, 2.75) is 5.92 Å². The molecule has 288 valence electrons. The Morgan fingerprint density at radius 2 is 0.673 bits per heavy atom. The number of hydrogen-bond donors (Lipinski definition) is 0. The van der Waals surface area contributed by atoms with E-state index in [4.69, 9.17) is 0 Å². The van der Waals surface area contributed by atoms with Crippen molar-refractivity contribution in [3.05, 3.63) is 134 Å². The summed E-state index contributed by atoms with van der Waals surface area (Å²) in [4.78, 5) is 0. The molecule has 0 radical (unpaired) electrons. The molecule has 0 aromatic heterocycles. The highest BCUT2D eigenvalue weighted by Crippen LogP contribution is 2.58. The highest BCUT2D eigenvalue weighted by Gasteiger charge is 2.56. The highest BCUT2D eigenvalue weighted by atomic mass is 19.3. The highest BCUT2D eigenvalue weighted by molar-refractivity contribution is 6.63. The molecule has 5 aromatic carbocycles. The lowest BCUT2D eigenvalue weighted by atomic mass is 9.77. The van der Waals surface area contributed by atoms with Gasteiger partial charge in [0.15, 0.2) is 92.9 Å². The van der Waals surface area contributed by atoms with Gasteiger partial charge in [-0.1, -0.05) is 0 Å². The van der Waals surface area contributed by atoms with E-state index in [1.54, 1.807) is 0 Å². The maximum Gasteiger partial charge on any atom is 0.639 e. The predicted octanol–water partition coefficient (Wildman–Crippen LogP) is 9.97. The van der Waals surface area contributed by atoms with Crippen LogP contribution in [0.1, 0.15) is 11.1 Å². The van der Waals surface area contributed by atoms with E-state index in [2.05, 4.69) is 9.31 Å². The lowest BCUT2D eigenvalue weighted by Gasteiger charge is -2.24. The molecule has 0 bridgehead atoms. The fraction of sp³-hybridized carbons (Fsp3) is 0.0323. The minimum Gasteiger partial charge on any atom is -0.519 e. The van der Waals surface area contributed by atoms with Gasteiger partial charge in [0, 0.05) is 11.1 Å². The molecular weight excluding hydrogens is 814 g/mol. The maximum atomic E-state index is 15.8. The number of benzene rings is 5. The topological polar surface area (TPSA) is 18.5 Å². The Balaban J connectivity index is 1.71. The van der Waals surface area contributed by atoms with Crippen molar-refractivity contribution in [1.82, 2.24) is 0 Å². The van der Waals surface area contributed by atoms with Crippen molar-refractivity contribution in [2.24, 2.45) is 0 Å². The molecule has 0 heterocycles. The predicted molar refractivity (Wildman–Crippen MR) is 139 cm³/mol. The summed E-state index contributed by atoms with van der Waals surface area (Å²) in [5, 5.41) is 0. The molecule has 0 spiro atoms. The summed E-state index contributed by atoms with van der Waals surface area (Å²) in [6.07, 6.45) is 0. The van der Waals surface area contributed by atoms with Crippen LogP contribution in [0.2, 0.25) is 0 Å². The molecule has 2 nitrogen and oxygen atoms in total. The van der Waals surface area contributed by atoms with Crippen LogP contribution in [0.4, 0.5) is 92.2 Å². The second-order valence-corrected chi connectivity index (χ2v) is 10.8. The van der Waals surface area contributed by atoms with E-state index in [0.717, 1.165) is 0 Å². The summed E-state index contributed by atoms with van der Waals surface area (Å²) in [6, 6.07) is -0.286. The van der Waals surface area contributed by atoms with Gasteiger partial charge < -0.3 is 9.31 Å². The minimum atomic E-state index is -5.67. The Morgan fingerprint density at radius 1 is 0.327 bits per heavy atom. The lowest BCUT2D eigenvalue weighted by Crippen LogP contribution is -2.47. The van der Waals surface area contributed by atoms with Crippen LogP contribution >= 0.6 is 0 Å². The molecular formula is C31H2BF21O2. The number of hydrogen-bond acceptors (Lipinski definition) is 2. The first-order valence-electron chi connectivity index (χ1n) is 13.8. The largest absolute Gasteiger partial charge is 0.639 e. The van der Waals surface area contributed by atoms with Crippen molar-refractivity contribution in [3.8, 4) is 33.8 Å². The summed E-state index contributed by atoms with van der Waals surface area (Å²) in [6.45, 7) is 0. The molecule has 55 heavy (non-hydrogen) atoms. The first kappa shape index (κ1) is 39.0. The molecule has 1 aliphatic rings. The molecule has 5 aromatic rings. The van der Waals surface area contributed by atoms with Crippen molar-refractivity contribution >= 4 is 12.6 Å². The maximum absolute atomic E-state index is 15.8. The third-order valence-corrected chi connectivity index (χ3v) is 7.88. The van der Waals surface area contributed by atoms with Gasteiger partial charge in [-0.15, -0.1) is 0 Å². The molecule has 0 fully saturated rings. The van der Waals surface area contributed by atoms with Crippen LogP contribution < -0.4 is 14.8 Å². The van der Waals surface area contributed by atoms with E-state index in [1.807, 2.05) is 0 Å². The average Bonchev–Trinajstić information content (AvgIpc) is 3.39. The molecule has 0 N–H and O–H groups in total. The Bertz CT molecular complexity index is 2510. The second-order valence-electron chi connectivity index (χ2n) is 10.8. The molecule has 1 aliphatic carbocycles. The lowest BCUT2D eigenvalue weighted by molar-refractivity contribution is 0.0404. The van der Waals surface area contributed by atoms with E-state index in [1.165, 1.54) is 0 Å². The van der Waals surface area contributed by atoms with E-state index in [-0.39, 0.29) is 12.1 Å². The average molecular weight is 816 g/mol. The van der Waals surface area contributed by atoms with Gasteiger partial charge in [-0.3, -0.25) is 0 Å². The zero-order valence-corrected chi connectivity index (χ0v) is 25.0. The van der Waals surface area contributed by atoms with E-state index >= 15 is 35.1 Å². The van der Waals surface area contributed by atoms with E-state index in [0.29, 0.717) is 0 Å². The monoisotopic (exact) mass is 816 g/mol. The Hall–Kier alpha value is -5.71. The standard InChI is InChI=1S/C31H2BF21O2/c33-3-1-2-4(34)12(35)11(3)32(54-29-8(17(40)22(45)26(49)27(29)50)7-15(38)20(43)25(48)21(44)16(7)39)55-30-10-6(14(37)23(46)28(30)51)5-9(31(10,52)53)18(41)24(47)19(42)13(5)36/h1-2H. The summed E-state index contributed by atoms with van der Waals surface area (Å²) in [7, 11) is -4.08. The molecule has 0 saturated carbocycles. The Labute approximate surface area is 288 Å². The number of halogens is 21. The van der Waals surface area contributed by atoms with Crippen LogP contribution in [0, 0.1) is 111 Å². The molecule has 0 amide bonds. The normalized spacial score (nSPS) is 13.0. The van der Waals surface area contributed by atoms with Crippen LogP contribution in [0.25, 0.3) is 22.3 Å². The zero-order valence-electron chi connectivity index (χ0n) is 25.0. The quantitative estimate of drug-likeness (QED) is 0.0736. The number of rotatable bonds is 6. The van der Waals surface area contributed by atoms with E-state index in [9.17, 15) is 57.1 Å². The number of alkyl halides is 2. The van der Waals surface area contributed by atoms with Gasteiger partial charge in [0.25, 0.3) is 0 Å². The fourth-order valence-corrected chi connectivity index (χ4v) is 5.45. The molecule has 0 aliphatic heterocycles. The van der Waals surface area contributed by atoms with Gasteiger partial charge in [-0.25, -0.2) is 74.6 Å². The van der Waals surface area contributed by atoms with Crippen molar-refractivity contribution in [1.29, 1.82) is 0 Å². The fourth-order valence-electron chi connectivity index (χ4n) is 5.45. The van der Waals surface area contributed by atoms with Crippen molar-refractivity contribution in [2.75, 3.05) is 0 Å². The van der Waals surface area contributed by atoms with Crippen molar-refractivity contribution in [3.63, 3.8) is 0 Å². The first-order valence-corrected chi connectivity index (χ1v) is 13.8. The molecule has 0 atom stereocenters. The number of fused-ring (bicyclic) bond motifs is 3. The van der Waals surface area contributed by atoms with Crippen LogP contribution in [0.5, 0.6) is 11.5 Å². The summed E-state index contributed by atoms with van der Waals surface area (Å²) < 4.78 is 319. The van der Waals surface area contributed by atoms with Gasteiger partial charge in [0.2, 0.25) is 23.3 Å². The third kappa shape index (κ3) is 5.33. The van der Waals surface area contributed by atoms with Crippen LogP contribution in [-0.2, 0) is 5.92 Å². The molecule has 24 heteroatoms. The Morgan fingerprint density at radius 3 is 1.20 bits per heavy atom.